The highest BCUT2D eigenvalue weighted by atomic mass is 32.1. The van der Waals surface area contributed by atoms with Crippen LogP contribution in [0.1, 0.15) is 39.6 Å². The maximum Gasteiger partial charge on any atom is 0.258 e. The molecule has 168 valence electrons. The Labute approximate surface area is 191 Å². The van der Waals surface area contributed by atoms with E-state index in [1.807, 2.05) is 24.3 Å². The van der Waals surface area contributed by atoms with Crippen molar-refractivity contribution < 1.29 is 13.9 Å². The summed E-state index contributed by atoms with van der Waals surface area (Å²) in [6.45, 7) is 6.73. The van der Waals surface area contributed by atoms with Crippen LogP contribution in [0.3, 0.4) is 0 Å². The normalized spacial score (nSPS) is 21.6. The van der Waals surface area contributed by atoms with E-state index in [0.717, 1.165) is 55.4 Å². The van der Waals surface area contributed by atoms with E-state index in [2.05, 4.69) is 22.8 Å². The molecule has 2 N–H and O–H groups in total. The standard InChI is InChI=1S/C25H28FN3O2S/c1-16-15-29(21-4-2-3-17-13-18(26)5-6-19(17)21)11-10-28(16)9-7-22-20-14-24(25(27)30)32-23(20)8-12-31-22/h2-6,13-14,16,22H,7-12,15H2,1H3,(H2,27,30). The number of hydrogen-bond acceptors (Lipinski definition) is 5. The number of fused-ring (bicyclic) bond motifs is 2. The second-order valence-electron chi connectivity index (χ2n) is 8.73. The molecule has 1 fully saturated rings. The zero-order valence-electron chi connectivity index (χ0n) is 18.2. The first kappa shape index (κ1) is 21.4. The van der Waals surface area contributed by atoms with Crippen molar-refractivity contribution in [2.75, 3.05) is 37.7 Å². The summed E-state index contributed by atoms with van der Waals surface area (Å²) in [7, 11) is 0. The van der Waals surface area contributed by atoms with Gasteiger partial charge >= 0.3 is 0 Å². The molecule has 1 aromatic heterocycles. The Hall–Kier alpha value is -2.48. The van der Waals surface area contributed by atoms with Gasteiger partial charge in [0.2, 0.25) is 0 Å². The number of halogens is 1. The zero-order chi connectivity index (χ0) is 22.2. The average Bonchev–Trinajstić information content (AvgIpc) is 3.23. The van der Waals surface area contributed by atoms with Crippen LogP contribution in [-0.2, 0) is 11.2 Å². The van der Waals surface area contributed by atoms with Crippen LogP contribution in [0.5, 0.6) is 0 Å². The van der Waals surface area contributed by atoms with Gasteiger partial charge in [0, 0.05) is 54.6 Å². The van der Waals surface area contributed by atoms with Crippen molar-refractivity contribution in [3.05, 3.63) is 63.6 Å². The van der Waals surface area contributed by atoms with Gasteiger partial charge in [0.1, 0.15) is 5.82 Å². The second kappa shape index (κ2) is 8.81. The van der Waals surface area contributed by atoms with Crippen LogP contribution < -0.4 is 10.6 Å². The number of rotatable bonds is 5. The molecule has 0 bridgehead atoms. The Balaban J connectivity index is 1.24. The van der Waals surface area contributed by atoms with Crippen molar-refractivity contribution in [2.24, 2.45) is 5.73 Å². The number of amides is 1. The topological polar surface area (TPSA) is 58.8 Å². The fraction of sp³-hybridized carbons (Fsp3) is 0.400. The van der Waals surface area contributed by atoms with Crippen LogP contribution in [0.4, 0.5) is 10.1 Å². The molecule has 2 aliphatic heterocycles. The van der Waals surface area contributed by atoms with Gasteiger partial charge in [0.25, 0.3) is 5.91 Å². The van der Waals surface area contributed by atoms with Crippen molar-refractivity contribution >= 4 is 33.7 Å². The average molecular weight is 454 g/mol. The van der Waals surface area contributed by atoms with E-state index < -0.39 is 0 Å². The third-order valence-electron chi connectivity index (χ3n) is 6.68. The molecule has 0 spiro atoms. The molecule has 2 aliphatic rings. The Bertz CT molecular complexity index is 1150. The Morgan fingerprint density at radius 3 is 2.94 bits per heavy atom. The summed E-state index contributed by atoms with van der Waals surface area (Å²) >= 11 is 1.51. The summed E-state index contributed by atoms with van der Waals surface area (Å²) in [5.74, 6) is -0.557. The molecule has 0 saturated carbocycles. The number of carbonyl (C=O) groups is 1. The molecule has 1 amide bonds. The second-order valence-corrected chi connectivity index (χ2v) is 9.86. The van der Waals surface area contributed by atoms with Gasteiger partial charge in [-0.2, -0.15) is 0 Å². The van der Waals surface area contributed by atoms with E-state index in [0.29, 0.717) is 17.5 Å². The van der Waals surface area contributed by atoms with Gasteiger partial charge in [-0.05, 0) is 54.6 Å². The van der Waals surface area contributed by atoms with Crippen molar-refractivity contribution in [1.29, 1.82) is 0 Å². The monoisotopic (exact) mass is 453 g/mol. The van der Waals surface area contributed by atoms with Gasteiger partial charge in [-0.1, -0.05) is 12.1 Å². The van der Waals surface area contributed by atoms with Gasteiger partial charge in [-0.25, -0.2) is 4.39 Å². The molecule has 5 nitrogen and oxygen atoms in total. The first-order valence-corrected chi connectivity index (χ1v) is 12.0. The van der Waals surface area contributed by atoms with Crippen LogP contribution in [-0.4, -0.2) is 49.6 Å². The number of anilines is 1. The number of carbonyl (C=O) groups excluding carboxylic acids is 1. The van der Waals surface area contributed by atoms with Crippen LogP contribution in [0.2, 0.25) is 0 Å². The number of nitrogens with zero attached hydrogens (tertiary/aromatic N) is 2. The van der Waals surface area contributed by atoms with E-state index in [4.69, 9.17) is 10.5 Å². The highest BCUT2D eigenvalue weighted by Gasteiger charge is 2.28. The molecule has 0 radical (unpaired) electrons. The molecule has 32 heavy (non-hydrogen) atoms. The SMILES string of the molecule is CC1CN(c2cccc3cc(F)ccc23)CCN1CCC1OCCc2sc(C(N)=O)cc21. The van der Waals surface area contributed by atoms with Crippen molar-refractivity contribution in [2.45, 2.75) is 31.9 Å². The Kier molecular flexibility index (Phi) is 5.88. The smallest absolute Gasteiger partial charge is 0.258 e. The number of piperazine rings is 1. The Morgan fingerprint density at radius 1 is 1.25 bits per heavy atom. The molecule has 5 rings (SSSR count). The van der Waals surface area contributed by atoms with Crippen LogP contribution >= 0.6 is 11.3 Å². The van der Waals surface area contributed by atoms with Gasteiger partial charge in [0.15, 0.2) is 0 Å². The van der Waals surface area contributed by atoms with Crippen molar-refractivity contribution in [1.82, 2.24) is 4.90 Å². The minimum absolute atomic E-state index is 0.0290. The first-order valence-electron chi connectivity index (χ1n) is 11.2. The summed E-state index contributed by atoms with van der Waals surface area (Å²) in [5, 5.41) is 2.04. The van der Waals surface area contributed by atoms with Gasteiger partial charge in [-0.3, -0.25) is 9.69 Å². The van der Waals surface area contributed by atoms with Gasteiger partial charge in [-0.15, -0.1) is 11.3 Å². The highest BCUT2D eigenvalue weighted by Crippen LogP contribution is 2.36. The molecule has 2 atom stereocenters. The van der Waals surface area contributed by atoms with Crippen LogP contribution in [0, 0.1) is 5.82 Å². The fourth-order valence-corrected chi connectivity index (χ4v) is 6.04. The molecule has 2 unspecified atom stereocenters. The lowest BCUT2D eigenvalue weighted by atomic mass is 10.0. The molecule has 2 aromatic carbocycles. The minimum atomic E-state index is -0.357. The zero-order valence-corrected chi connectivity index (χ0v) is 19.0. The number of nitrogens with two attached hydrogens (primary N) is 1. The lowest BCUT2D eigenvalue weighted by Gasteiger charge is -2.42. The maximum atomic E-state index is 13.6. The predicted molar refractivity (Wildman–Crippen MR) is 127 cm³/mol. The molecule has 1 saturated heterocycles. The number of hydrogen-bond donors (Lipinski definition) is 1. The molecule has 7 heteroatoms. The molecular weight excluding hydrogens is 425 g/mol. The summed E-state index contributed by atoms with van der Waals surface area (Å²) < 4.78 is 19.7. The number of primary amides is 1. The van der Waals surface area contributed by atoms with Gasteiger partial charge in [0.05, 0.1) is 17.6 Å². The lowest BCUT2D eigenvalue weighted by Crippen LogP contribution is -2.52. The van der Waals surface area contributed by atoms with E-state index >= 15 is 0 Å². The lowest BCUT2D eigenvalue weighted by molar-refractivity contribution is 0.0266. The van der Waals surface area contributed by atoms with Crippen LogP contribution in [0.15, 0.2) is 42.5 Å². The van der Waals surface area contributed by atoms with Crippen molar-refractivity contribution in [3.63, 3.8) is 0 Å². The third kappa shape index (κ3) is 4.12. The first-order chi connectivity index (χ1) is 15.5. The summed E-state index contributed by atoms with van der Waals surface area (Å²) in [5.41, 5.74) is 7.80. The fourth-order valence-electron chi connectivity index (χ4n) is 5.00. The molecule has 3 heterocycles. The molecule has 3 aromatic rings. The highest BCUT2D eigenvalue weighted by molar-refractivity contribution is 7.14. The van der Waals surface area contributed by atoms with E-state index in [-0.39, 0.29) is 17.8 Å². The number of ether oxygens (including phenoxy) is 1. The van der Waals surface area contributed by atoms with E-state index in [1.165, 1.54) is 28.0 Å². The summed E-state index contributed by atoms with van der Waals surface area (Å²) in [4.78, 5) is 18.4. The van der Waals surface area contributed by atoms with Gasteiger partial charge < -0.3 is 15.4 Å². The van der Waals surface area contributed by atoms with Crippen molar-refractivity contribution in [3.8, 4) is 0 Å². The molecular formula is C25H28FN3O2S. The summed E-state index contributed by atoms with van der Waals surface area (Å²) in [6.07, 6.45) is 1.79. The summed E-state index contributed by atoms with van der Waals surface area (Å²) in [6, 6.07) is 13.5. The third-order valence-corrected chi connectivity index (χ3v) is 7.91. The molecule has 0 aliphatic carbocycles. The van der Waals surface area contributed by atoms with E-state index in [1.54, 1.807) is 6.07 Å². The Morgan fingerprint density at radius 2 is 2.12 bits per heavy atom. The maximum absolute atomic E-state index is 13.6. The number of thiophene rings is 1. The quantitative estimate of drug-likeness (QED) is 0.624. The minimum Gasteiger partial charge on any atom is -0.373 e. The van der Waals surface area contributed by atoms with Crippen LogP contribution in [0.25, 0.3) is 10.8 Å². The number of benzene rings is 2. The largest absolute Gasteiger partial charge is 0.373 e. The van der Waals surface area contributed by atoms with E-state index in [9.17, 15) is 9.18 Å². The predicted octanol–water partition coefficient (Wildman–Crippen LogP) is 4.35.